The molecule has 0 saturated heterocycles. The molecular formula is C14H21NO3. The van der Waals surface area contributed by atoms with E-state index in [0.29, 0.717) is 6.61 Å². The van der Waals surface area contributed by atoms with Gasteiger partial charge in [0, 0.05) is 11.6 Å². The number of carbonyl (C=O) groups excluding carboxylic acids is 1. The van der Waals surface area contributed by atoms with Crippen LogP contribution in [0, 0.1) is 5.92 Å². The maximum atomic E-state index is 11.9. The van der Waals surface area contributed by atoms with Gasteiger partial charge in [-0.25, -0.2) is 4.79 Å². The van der Waals surface area contributed by atoms with E-state index in [2.05, 4.69) is 5.32 Å². The van der Waals surface area contributed by atoms with E-state index in [0.717, 1.165) is 5.69 Å². The van der Waals surface area contributed by atoms with E-state index in [1.54, 1.807) is 13.8 Å². The number of carbonyl (C=O) groups is 1. The lowest BCUT2D eigenvalue weighted by Gasteiger charge is -2.26. The minimum Gasteiger partial charge on any atom is -0.464 e. The average molecular weight is 251 g/mol. The topological polar surface area (TPSA) is 58.6 Å². The number of benzene rings is 1. The molecule has 0 aromatic heterocycles. The standard InChI is InChI=1S/C14H21NO3/c1-4-18-14(17)13(10(2)11(3)16)15-12-8-6-5-7-9-12/h5-11,13,15-16H,4H2,1-3H3/t10-,11+,13-/m0/s1. The van der Waals surface area contributed by atoms with Gasteiger partial charge in [-0.2, -0.15) is 0 Å². The SMILES string of the molecule is CCOC(=O)[C@@H](Nc1ccccc1)[C@@H](C)[C@@H](C)O. The average Bonchev–Trinajstić information content (AvgIpc) is 2.36. The first-order valence-corrected chi connectivity index (χ1v) is 6.22. The maximum absolute atomic E-state index is 11.9. The molecule has 1 rings (SSSR count). The highest BCUT2D eigenvalue weighted by Gasteiger charge is 2.29. The molecule has 0 fully saturated rings. The molecule has 1 aromatic carbocycles. The van der Waals surface area contributed by atoms with Crippen LogP contribution in [0.3, 0.4) is 0 Å². The van der Waals surface area contributed by atoms with Crippen molar-refractivity contribution in [3.8, 4) is 0 Å². The Morgan fingerprint density at radius 2 is 1.94 bits per heavy atom. The molecule has 0 aliphatic rings. The predicted octanol–water partition coefficient (Wildman–Crippen LogP) is 2.05. The summed E-state index contributed by atoms with van der Waals surface area (Å²) >= 11 is 0. The maximum Gasteiger partial charge on any atom is 0.328 e. The number of para-hydroxylation sites is 1. The van der Waals surface area contributed by atoms with Crippen molar-refractivity contribution in [2.24, 2.45) is 5.92 Å². The number of ether oxygens (including phenoxy) is 1. The highest BCUT2D eigenvalue weighted by molar-refractivity contribution is 5.79. The van der Waals surface area contributed by atoms with Crippen LogP contribution in [0.4, 0.5) is 5.69 Å². The molecule has 0 spiro atoms. The predicted molar refractivity (Wildman–Crippen MR) is 71.3 cm³/mol. The molecule has 0 heterocycles. The van der Waals surface area contributed by atoms with Crippen LogP contribution in [0.1, 0.15) is 20.8 Å². The van der Waals surface area contributed by atoms with E-state index < -0.39 is 12.1 Å². The van der Waals surface area contributed by atoms with E-state index in [4.69, 9.17) is 4.74 Å². The van der Waals surface area contributed by atoms with Gasteiger partial charge in [-0.15, -0.1) is 0 Å². The molecule has 0 aliphatic heterocycles. The summed E-state index contributed by atoms with van der Waals surface area (Å²) in [5, 5.41) is 12.7. The number of hydrogen-bond donors (Lipinski definition) is 2. The Hall–Kier alpha value is -1.55. The van der Waals surface area contributed by atoms with Crippen LogP contribution < -0.4 is 5.32 Å². The van der Waals surface area contributed by atoms with Crippen LogP contribution in [0.15, 0.2) is 30.3 Å². The van der Waals surface area contributed by atoms with Crippen LogP contribution in [-0.2, 0) is 9.53 Å². The molecule has 2 N–H and O–H groups in total. The van der Waals surface area contributed by atoms with E-state index in [1.807, 2.05) is 37.3 Å². The Bertz CT molecular complexity index is 365. The van der Waals surface area contributed by atoms with Crippen LogP contribution in [0.2, 0.25) is 0 Å². The molecule has 18 heavy (non-hydrogen) atoms. The molecule has 1 aromatic rings. The smallest absolute Gasteiger partial charge is 0.328 e. The van der Waals surface area contributed by atoms with Gasteiger partial charge in [0.05, 0.1) is 12.7 Å². The van der Waals surface area contributed by atoms with Crippen molar-refractivity contribution in [2.75, 3.05) is 11.9 Å². The first kappa shape index (κ1) is 14.5. The molecule has 0 radical (unpaired) electrons. The number of nitrogens with one attached hydrogen (secondary N) is 1. The van der Waals surface area contributed by atoms with Gasteiger partial charge in [0.2, 0.25) is 0 Å². The van der Waals surface area contributed by atoms with Crippen LogP contribution in [0.25, 0.3) is 0 Å². The number of rotatable bonds is 6. The molecule has 0 aliphatic carbocycles. The number of anilines is 1. The highest BCUT2D eigenvalue weighted by atomic mass is 16.5. The molecular weight excluding hydrogens is 230 g/mol. The lowest BCUT2D eigenvalue weighted by Crippen LogP contribution is -2.41. The minimum atomic E-state index is -0.587. The van der Waals surface area contributed by atoms with Gasteiger partial charge in [0.15, 0.2) is 0 Å². The Balaban J connectivity index is 2.81. The van der Waals surface area contributed by atoms with Gasteiger partial charge in [-0.05, 0) is 26.0 Å². The summed E-state index contributed by atoms with van der Waals surface area (Å²) in [4.78, 5) is 11.9. The monoisotopic (exact) mass is 251 g/mol. The lowest BCUT2D eigenvalue weighted by atomic mass is 9.96. The fraction of sp³-hybridized carbons (Fsp3) is 0.500. The second kappa shape index (κ2) is 7.01. The quantitative estimate of drug-likeness (QED) is 0.760. The summed E-state index contributed by atoms with van der Waals surface area (Å²) in [6, 6.07) is 8.88. The van der Waals surface area contributed by atoms with Gasteiger partial charge in [0.25, 0.3) is 0 Å². The normalized spacial score (nSPS) is 15.6. The Kier molecular flexibility index (Phi) is 5.65. The third-order valence-electron chi connectivity index (χ3n) is 2.92. The molecule has 0 unspecified atom stereocenters. The highest BCUT2D eigenvalue weighted by Crippen LogP contribution is 2.16. The lowest BCUT2D eigenvalue weighted by molar-refractivity contribution is -0.146. The third-order valence-corrected chi connectivity index (χ3v) is 2.92. The Morgan fingerprint density at radius 3 is 2.44 bits per heavy atom. The van der Waals surface area contributed by atoms with Crippen molar-refractivity contribution >= 4 is 11.7 Å². The van der Waals surface area contributed by atoms with Gasteiger partial charge in [-0.3, -0.25) is 0 Å². The first-order valence-electron chi connectivity index (χ1n) is 6.22. The molecule has 100 valence electrons. The summed E-state index contributed by atoms with van der Waals surface area (Å²) in [6.45, 7) is 5.59. The van der Waals surface area contributed by atoms with Crippen LogP contribution in [-0.4, -0.2) is 29.8 Å². The van der Waals surface area contributed by atoms with Crippen molar-refractivity contribution < 1.29 is 14.6 Å². The molecule has 0 amide bonds. The van der Waals surface area contributed by atoms with E-state index in [-0.39, 0.29) is 11.9 Å². The number of esters is 1. The summed E-state index contributed by atoms with van der Waals surface area (Å²) in [6.07, 6.45) is -0.587. The second-order valence-corrected chi connectivity index (χ2v) is 4.34. The molecule has 0 saturated carbocycles. The van der Waals surface area contributed by atoms with Crippen LogP contribution in [0.5, 0.6) is 0 Å². The zero-order chi connectivity index (χ0) is 13.5. The van der Waals surface area contributed by atoms with E-state index in [1.165, 1.54) is 0 Å². The Labute approximate surface area is 108 Å². The van der Waals surface area contributed by atoms with Gasteiger partial charge in [0.1, 0.15) is 6.04 Å². The summed E-state index contributed by atoms with van der Waals surface area (Å²) in [5.41, 5.74) is 0.836. The van der Waals surface area contributed by atoms with E-state index >= 15 is 0 Å². The zero-order valence-electron chi connectivity index (χ0n) is 11.1. The molecule has 4 nitrogen and oxygen atoms in total. The van der Waals surface area contributed by atoms with Crippen molar-refractivity contribution in [3.05, 3.63) is 30.3 Å². The number of aliphatic hydroxyl groups excluding tert-OH is 1. The fourth-order valence-electron chi connectivity index (χ4n) is 1.63. The summed E-state index contributed by atoms with van der Waals surface area (Å²) < 4.78 is 5.03. The first-order chi connectivity index (χ1) is 8.56. The molecule has 4 heteroatoms. The Morgan fingerprint density at radius 1 is 1.33 bits per heavy atom. The third kappa shape index (κ3) is 4.04. The van der Waals surface area contributed by atoms with Gasteiger partial charge < -0.3 is 15.2 Å². The van der Waals surface area contributed by atoms with E-state index in [9.17, 15) is 9.90 Å². The zero-order valence-corrected chi connectivity index (χ0v) is 11.1. The fourth-order valence-corrected chi connectivity index (χ4v) is 1.63. The molecule has 0 bridgehead atoms. The van der Waals surface area contributed by atoms with Crippen molar-refractivity contribution in [1.82, 2.24) is 0 Å². The second-order valence-electron chi connectivity index (χ2n) is 4.34. The van der Waals surface area contributed by atoms with Crippen molar-refractivity contribution in [1.29, 1.82) is 0 Å². The van der Waals surface area contributed by atoms with Gasteiger partial charge in [-0.1, -0.05) is 25.1 Å². The van der Waals surface area contributed by atoms with Crippen molar-refractivity contribution in [2.45, 2.75) is 32.9 Å². The summed E-state index contributed by atoms with van der Waals surface area (Å²) in [5.74, 6) is -0.570. The minimum absolute atomic E-state index is 0.232. The van der Waals surface area contributed by atoms with Gasteiger partial charge >= 0.3 is 5.97 Å². The number of aliphatic hydroxyl groups is 1. The number of hydrogen-bond acceptors (Lipinski definition) is 4. The largest absolute Gasteiger partial charge is 0.464 e. The van der Waals surface area contributed by atoms with Crippen LogP contribution >= 0.6 is 0 Å². The summed E-state index contributed by atoms with van der Waals surface area (Å²) in [7, 11) is 0. The molecule has 3 atom stereocenters. The van der Waals surface area contributed by atoms with Crippen molar-refractivity contribution in [3.63, 3.8) is 0 Å².